The highest BCUT2D eigenvalue weighted by Crippen LogP contribution is 2.12. The van der Waals surface area contributed by atoms with Crippen molar-refractivity contribution in [2.45, 2.75) is 25.8 Å². The van der Waals surface area contributed by atoms with E-state index in [1.54, 1.807) is 24.5 Å². The van der Waals surface area contributed by atoms with Gasteiger partial charge in [-0.15, -0.1) is 0 Å². The zero-order chi connectivity index (χ0) is 12.0. The smallest absolute Gasteiger partial charge is 0.152 e. The first-order chi connectivity index (χ1) is 7.55. The summed E-state index contributed by atoms with van der Waals surface area (Å²) in [6.07, 6.45) is 4.82. The van der Waals surface area contributed by atoms with Crippen molar-refractivity contribution in [2.24, 2.45) is 5.73 Å². The standard InChI is InChI=1S/C11H18N2O2S/c1-2-3-8-16(14,15)9-11(12)10-4-6-13-7-5-10/h4-7,11H,2-3,8-9,12H2,1H3. The van der Waals surface area contributed by atoms with E-state index in [0.717, 1.165) is 12.0 Å². The molecule has 4 nitrogen and oxygen atoms in total. The second-order valence-electron chi connectivity index (χ2n) is 3.85. The lowest BCUT2D eigenvalue weighted by Crippen LogP contribution is -2.23. The molecule has 0 spiro atoms. The zero-order valence-electron chi connectivity index (χ0n) is 9.46. The minimum atomic E-state index is -3.04. The van der Waals surface area contributed by atoms with Crippen LogP contribution in [-0.4, -0.2) is 24.9 Å². The molecule has 0 radical (unpaired) electrons. The first-order valence-corrected chi connectivity index (χ1v) is 7.23. The Labute approximate surface area is 96.8 Å². The van der Waals surface area contributed by atoms with Gasteiger partial charge in [0, 0.05) is 18.4 Å². The van der Waals surface area contributed by atoms with Gasteiger partial charge in [0.05, 0.1) is 11.5 Å². The van der Waals surface area contributed by atoms with Crippen LogP contribution in [-0.2, 0) is 9.84 Å². The van der Waals surface area contributed by atoms with Crippen molar-refractivity contribution in [3.05, 3.63) is 30.1 Å². The molecule has 16 heavy (non-hydrogen) atoms. The molecule has 0 saturated heterocycles. The van der Waals surface area contributed by atoms with Crippen molar-refractivity contribution in [3.63, 3.8) is 0 Å². The molecule has 0 aliphatic heterocycles. The minimum Gasteiger partial charge on any atom is -0.323 e. The molecule has 0 fully saturated rings. The number of hydrogen-bond acceptors (Lipinski definition) is 4. The fourth-order valence-electron chi connectivity index (χ4n) is 1.43. The third-order valence-electron chi connectivity index (χ3n) is 2.38. The van der Waals surface area contributed by atoms with Gasteiger partial charge in [-0.2, -0.15) is 0 Å². The van der Waals surface area contributed by atoms with E-state index in [-0.39, 0.29) is 11.5 Å². The molecular weight excluding hydrogens is 224 g/mol. The van der Waals surface area contributed by atoms with Crippen molar-refractivity contribution in [2.75, 3.05) is 11.5 Å². The van der Waals surface area contributed by atoms with Crippen molar-refractivity contribution in [1.29, 1.82) is 0 Å². The lowest BCUT2D eigenvalue weighted by Gasteiger charge is -2.11. The molecule has 1 aromatic heterocycles. The van der Waals surface area contributed by atoms with Crippen LogP contribution in [0, 0.1) is 0 Å². The van der Waals surface area contributed by atoms with E-state index in [2.05, 4.69) is 4.98 Å². The molecular formula is C11H18N2O2S. The Balaban J connectivity index is 2.61. The van der Waals surface area contributed by atoms with Gasteiger partial charge in [-0.1, -0.05) is 13.3 Å². The number of unbranched alkanes of at least 4 members (excludes halogenated alkanes) is 1. The van der Waals surface area contributed by atoms with E-state index in [1.165, 1.54) is 0 Å². The SMILES string of the molecule is CCCCS(=O)(=O)CC(N)c1ccncc1. The van der Waals surface area contributed by atoms with Gasteiger partial charge in [0.1, 0.15) is 0 Å². The van der Waals surface area contributed by atoms with E-state index >= 15 is 0 Å². The highest BCUT2D eigenvalue weighted by molar-refractivity contribution is 7.91. The van der Waals surface area contributed by atoms with E-state index in [1.807, 2.05) is 6.92 Å². The van der Waals surface area contributed by atoms with Crippen molar-refractivity contribution < 1.29 is 8.42 Å². The lowest BCUT2D eigenvalue weighted by atomic mass is 10.1. The van der Waals surface area contributed by atoms with E-state index in [4.69, 9.17) is 5.73 Å². The van der Waals surface area contributed by atoms with Gasteiger partial charge in [0.2, 0.25) is 0 Å². The number of hydrogen-bond donors (Lipinski definition) is 1. The van der Waals surface area contributed by atoms with Gasteiger partial charge in [-0.05, 0) is 24.1 Å². The summed E-state index contributed by atoms with van der Waals surface area (Å²) in [7, 11) is -3.04. The molecule has 90 valence electrons. The monoisotopic (exact) mass is 242 g/mol. The Morgan fingerprint density at radius 3 is 2.56 bits per heavy atom. The number of rotatable bonds is 6. The van der Waals surface area contributed by atoms with Crippen LogP contribution >= 0.6 is 0 Å². The normalized spacial score (nSPS) is 13.6. The Kier molecular flexibility index (Phi) is 4.89. The number of aromatic nitrogens is 1. The molecule has 0 aliphatic rings. The zero-order valence-corrected chi connectivity index (χ0v) is 10.3. The number of pyridine rings is 1. The maximum absolute atomic E-state index is 11.7. The second-order valence-corrected chi connectivity index (χ2v) is 6.08. The Morgan fingerprint density at radius 2 is 2.00 bits per heavy atom. The molecule has 1 aromatic rings. The number of sulfone groups is 1. The molecule has 0 bridgehead atoms. The highest BCUT2D eigenvalue weighted by Gasteiger charge is 2.16. The van der Waals surface area contributed by atoms with Crippen LogP contribution in [0.4, 0.5) is 0 Å². The fraction of sp³-hybridized carbons (Fsp3) is 0.545. The van der Waals surface area contributed by atoms with E-state index in [0.29, 0.717) is 6.42 Å². The fourth-order valence-corrected chi connectivity index (χ4v) is 3.06. The van der Waals surface area contributed by atoms with Crippen LogP contribution in [0.3, 0.4) is 0 Å². The largest absolute Gasteiger partial charge is 0.323 e. The maximum Gasteiger partial charge on any atom is 0.152 e. The van der Waals surface area contributed by atoms with Gasteiger partial charge in [-0.25, -0.2) is 8.42 Å². The molecule has 0 saturated carbocycles. The van der Waals surface area contributed by atoms with Crippen molar-refractivity contribution >= 4 is 9.84 Å². The second kappa shape index (κ2) is 5.96. The van der Waals surface area contributed by atoms with Crippen LogP contribution in [0.5, 0.6) is 0 Å². The van der Waals surface area contributed by atoms with Crippen LogP contribution in [0.1, 0.15) is 31.4 Å². The molecule has 0 amide bonds. The minimum absolute atomic E-state index is 0.0109. The van der Waals surface area contributed by atoms with Crippen LogP contribution in [0.15, 0.2) is 24.5 Å². The number of nitrogens with zero attached hydrogens (tertiary/aromatic N) is 1. The van der Waals surface area contributed by atoms with Crippen LogP contribution < -0.4 is 5.73 Å². The van der Waals surface area contributed by atoms with Crippen molar-refractivity contribution in [1.82, 2.24) is 4.98 Å². The van der Waals surface area contributed by atoms with Gasteiger partial charge < -0.3 is 5.73 Å². The molecule has 1 unspecified atom stereocenters. The first-order valence-electron chi connectivity index (χ1n) is 5.41. The summed E-state index contributed by atoms with van der Waals surface area (Å²) in [5.74, 6) is 0.235. The molecule has 0 aromatic carbocycles. The predicted octanol–water partition coefficient (Wildman–Crippen LogP) is 1.30. The van der Waals surface area contributed by atoms with Gasteiger partial charge >= 0.3 is 0 Å². The summed E-state index contributed by atoms with van der Waals surface area (Å²) in [4.78, 5) is 3.87. The summed E-state index contributed by atoms with van der Waals surface area (Å²) in [5.41, 5.74) is 6.66. The average Bonchev–Trinajstić information content (AvgIpc) is 2.27. The molecule has 2 N–H and O–H groups in total. The summed E-state index contributed by atoms with van der Waals surface area (Å²) in [6.45, 7) is 1.97. The van der Waals surface area contributed by atoms with Gasteiger partial charge in [-0.3, -0.25) is 4.98 Å². The Morgan fingerprint density at radius 1 is 1.38 bits per heavy atom. The lowest BCUT2D eigenvalue weighted by molar-refractivity contribution is 0.585. The average molecular weight is 242 g/mol. The summed E-state index contributed by atoms with van der Waals surface area (Å²) in [5, 5.41) is 0. The Hall–Kier alpha value is -0.940. The van der Waals surface area contributed by atoms with Gasteiger partial charge in [0.25, 0.3) is 0 Å². The summed E-state index contributed by atoms with van der Waals surface area (Å²) < 4.78 is 23.4. The van der Waals surface area contributed by atoms with E-state index in [9.17, 15) is 8.42 Å². The third-order valence-corrected chi connectivity index (χ3v) is 4.15. The van der Waals surface area contributed by atoms with Gasteiger partial charge in [0.15, 0.2) is 9.84 Å². The molecule has 5 heteroatoms. The summed E-state index contributed by atoms with van der Waals surface area (Å²) in [6, 6.07) is 3.05. The van der Waals surface area contributed by atoms with Crippen LogP contribution in [0.25, 0.3) is 0 Å². The highest BCUT2D eigenvalue weighted by atomic mass is 32.2. The first kappa shape index (κ1) is 13.1. The van der Waals surface area contributed by atoms with Crippen LogP contribution in [0.2, 0.25) is 0 Å². The molecule has 1 rings (SSSR count). The Bertz CT molecular complexity index is 403. The molecule has 1 atom stereocenters. The molecule has 1 heterocycles. The molecule has 0 aliphatic carbocycles. The predicted molar refractivity (Wildman–Crippen MR) is 64.7 cm³/mol. The third kappa shape index (κ3) is 4.28. The summed E-state index contributed by atoms with van der Waals surface area (Å²) >= 11 is 0. The maximum atomic E-state index is 11.7. The topological polar surface area (TPSA) is 73.0 Å². The quantitative estimate of drug-likeness (QED) is 0.816. The number of nitrogens with two attached hydrogens (primary N) is 1. The van der Waals surface area contributed by atoms with E-state index < -0.39 is 15.9 Å². The van der Waals surface area contributed by atoms with Crippen molar-refractivity contribution in [3.8, 4) is 0 Å².